The Morgan fingerprint density at radius 2 is 1.94 bits per heavy atom. The van der Waals surface area contributed by atoms with Crippen molar-refractivity contribution in [3.05, 3.63) is 28.8 Å². The summed E-state index contributed by atoms with van der Waals surface area (Å²) in [5, 5.41) is 0.708. The molecule has 0 radical (unpaired) electrons. The lowest BCUT2D eigenvalue weighted by atomic mass is 10.1. The van der Waals surface area contributed by atoms with Crippen molar-refractivity contribution in [1.29, 1.82) is 0 Å². The van der Waals surface area contributed by atoms with Crippen molar-refractivity contribution in [3.63, 3.8) is 0 Å². The van der Waals surface area contributed by atoms with Gasteiger partial charge in [-0.2, -0.15) is 0 Å². The van der Waals surface area contributed by atoms with Gasteiger partial charge in [-0.25, -0.2) is 0 Å². The lowest BCUT2D eigenvalue weighted by Crippen LogP contribution is -2.35. The van der Waals surface area contributed by atoms with E-state index in [-0.39, 0.29) is 0 Å². The van der Waals surface area contributed by atoms with E-state index in [1.807, 2.05) is 18.2 Å². The highest BCUT2D eigenvalue weighted by Gasteiger charge is 2.17. The molecule has 0 saturated carbocycles. The first kappa shape index (κ1) is 15.3. The summed E-state index contributed by atoms with van der Waals surface area (Å²) in [5.41, 5.74) is 7.71. The van der Waals surface area contributed by atoms with Crippen LogP contribution in [-0.2, 0) is 0 Å². The molecule has 0 atom stereocenters. The van der Waals surface area contributed by atoms with Crippen LogP contribution in [0.4, 0.5) is 5.69 Å². The minimum atomic E-state index is 0.374. The molecule has 0 amide bonds. The molecule has 4 heteroatoms. The average molecular weight is 285 g/mol. The Hall–Kier alpha value is -0.800. The third-order valence-corrected chi connectivity index (χ3v) is 3.17. The number of nitrogens with zero attached hydrogens (tertiary/aromatic N) is 1. The van der Waals surface area contributed by atoms with Gasteiger partial charge >= 0.3 is 0 Å². The van der Waals surface area contributed by atoms with Gasteiger partial charge in [0.25, 0.3) is 0 Å². The molecule has 0 aliphatic carbocycles. The fourth-order valence-corrected chi connectivity index (χ4v) is 2.27. The molecule has 0 unspecified atom stereocenters. The number of hydrogen-bond acceptors (Lipinski definition) is 2. The molecule has 0 saturated heterocycles. The second-order valence-electron chi connectivity index (χ2n) is 5.17. The second kappa shape index (κ2) is 6.39. The van der Waals surface area contributed by atoms with Gasteiger partial charge in [0, 0.05) is 28.9 Å². The molecular weight excluding hydrogens is 264 g/mol. The Balaban J connectivity index is 3.25. The van der Waals surface area contributed by atoms with E-state index in [1.165, 1.54) is 0 Å². The fourth-order valence-electron chi connectivity index (χ4n) is 1.93. The number of anilines is 1. The van der Waals surface area contributed by atoms with Crippen LogP contribution in [0.3, 0.4) is 0 Å². The molecule has 0 heterocycles. The minimum absolute atomic E-state index is 0.374. The molecule has 0 aromatic heterocycles. The quantitative estimate of drug-likeness (QED) is 0.833. The maximum atomic E-state index is 6.10. The van der Waals surface area contributed by atoms with Crippen LogP contribution in [0.1, 0.15) is 33.3 Å². The van der Waals surface area contributed by atoms with Crippen LogP contribution in [0.25, 0.3) is 0 Å². The van der Waals surface area contributed by atoms with E-state index in [0.717, 1.165) is 17.8 Å². The average Bonchev–Trinajstić information content (AvgIpc) is 2.24. The topological polar surface area (TPSA) is 29.3 Å². The van der Waals surface area contributed by atoms with Gasteiger partial charge in [-0.3, -0.25) is 0 Å². The molecular formula is C14H21ClN2S. The number of hydrogen-bond donors (Lipinski definition) is 1. The number of nitrogens with two attached hydrogens (primary N) is 1. The molecule has 100 valence electrons. The molecule has 1 aromatic carbocycles. The third-order valence-electron chi connectivity index (χ3n) is 2.72. The van der Waals surface area contributed by atoms with E-state index in [9.17, 15) is 0 Å². The maximum Gasteiger partial charge on any atom is 0.106 e. The highest BCUT2D eigenvalue weighted by molar-refractivity contribution is 7.80. The van der Waals surface area contributed by atoms with Gasteiger partial charge in [-0.05, 0) is 38.0 Å². The van der Waals surface area contributed by atoms with Crippen LogP contribution in [0.5, 0.6) is 0 Å². The van der Waals surface area contributed by atoms with Crippen LogP contribution >= 0.6 is 23.8 Å². The predicted molar refractivity (Wildman–Crippen MR) is 84.7 cm³/mol. The molecule has 0 spiro atoms. The summed E-state index contributed by atoms with van der Waals surface area (Å²) in [6.07, 6.45) is 0. The summed E-state index contributed by atoms with van der Waals surface area (Å²) in [6, 6.07) is 6.04. The highest BCUT2D eigenvalue weighted by atomic mass is 35.5. The first-order valence-electron chi connectivity index (χ1n) is 6.19. The zero-order valence-electron chi connectivity index (χ0n) is 11.4. The van der Waals surface area contributed by atoms with Gasteiger partial charge in [0.1, 0.15) is 4.99 Å². The number of thiocarbonyl (C=S) groups is 1. The standard InChI is InChI=1S/C14H21ClN2S/c1-9(2)8-17(10(3)4)13-7-11(15)5-6-12(13)14(16)18/h5-7,9-10H,8H2,1-4H3,(H2,16,18). The molecule has 18 heavy (non-hydrogen) atoms. The largest absolute Gasteiger partial charge is 0.389 e. The zero-order chi connectivity index (χ0) is 13.9. The highest BCUT2D eigenvalue weighted by Crippen LogP contribution is 2.27. The molecule has 1 rings (SSSR count). The Bertz CT molecular complexity index is 430. The summed E-state index contributed by atoms with van der Waals surface area (Å²) in [6.45, 7) is 9.66. The fraction of sp³-hybridized carbons (Fsp3) is 0.500. The van der Waals surface area contributed by atoms with E-state index in [4.69, 9.17) is 29.6 Å². The van der Waals surface area contributed by atoms with Gasteiger partial charge in [0.05, 0.1) is 0 Å². The summed E-state index contributed by atoms with van der Waals surface area (Å²) >= 11 is 11.2. The van der Waals surface area contributed by atoms with Crippen LogP contribution in [-0.4, -0.2) is 17.6 Å². The molecule has 0 aliphatic heterocycles. The molecule has 0 aliphatic rings. The Kier molecular flexibility index (Phi) is 5.42. The first-order valence-corrected chi connectivity index (χ1v) is 6.97. The Morgan fingerprint density at radius 3 is 2.39 bits per heavy atom. The predicted octanol–water partition coefficient (Wildman–Crippen LogP) is 3.85. The Labute approximate surface area is 120 Å². The second-order valence-corrected chi connectivity index (χ2v) is 6.04. The van der Waals surface area contributed by atoms with Gasteiger partial charge in [0.15, 0.2) is 0 Å². The molecule has 1 aromatic rings. The Morgan fingerprint density at radius 1 is 1.33 bits per heavy atom. The van der Waals surface area contributed by atoms with Crippen molar-refractivity contribution in [3.8, 4) is 0 Å². The van der Waals surface area contributed by atoms with E-state index in [0.29, 0.717) is 22.0 Å². The lowest BCUT2D eigenvalue weighted by Gasteiger charge is -2.32. The molecule has 2 nitrogen and oxygen atoms in total. The SMILES string of the molecule is CC(C)CN(c1cc(Cl)ccc1C(N)=S)C(C)C. The van der Waals surface area contributed by atoms with Crippen molar-refractivity contribution < 1.29 is 0 Å². The van der Waals surface area contributed by atoms with Crippen molar-refractivity contribution in [1.82, 2.24) is 0 Å². The minimum Gasteiger partial charge on any atom is -0.389 e. The van der Waals surface area contributed by atoms with Gasteiger partial charge in [0.2, 0.25) is 0 Å². The summed E-state index contributed by atoms with van der Waals surface area (Å²) in [5.74, 6) is 0.561. The van der Waals surface area contributed by atoms with Gasteiger partial charge < -0.3 is 10.6 Å². The summed E-state index contributed by atoms with van der Waals surface area (Å²) < 4.78 is 0. The summed E-state index contributed by atoms with van der Waals surface area (Å²) in [4.78, 5) is 2.71. The van der Waals surface area contributed by atoms with Crippen molar-refractivity contribution >= 4 is 34.5 Å². The first-order chi connectivity index (χ1) is 8.32. The van der Waals surface area contributed by atoms with E-state index >= 15 is 0 Å². The number of halogens is 1. The molecule has 2 N–H and O–H groups in total. The van der Waals surface area contributed by atoms with Crippen molar-refractivity contribution in [2.45, 2.75) is 33.7 Å². The van der Waals surface area contributed by atoms with Crippen molar-refractivity contribution in [2.75, 3.05) is 11.4 Å². The third kappa shape index (κ3) is 3.85. The van der Waals surface area contributed by atoms with E-state index in [2.05, 4.69) is 32.6 Å². The number of benzene rings is 1. The van der Waals surface area contributed by atoms with E-state index < -0.39 is 0 Å². The zero-order valence-corrected chi connectivity index (χ0v) is 13.0. The van der Waals surface area contributed by atoms with Crippen LogP contribution < -0.4 is 10.6 Å². The van der Waals surface area contributed by atoms with Crippen LogP contribution in [0, 0.1) is 5.92 Å². The lowest BCUT2D eigenvalue weighted by molar-refractivity contribution is 0.571. The number of rotatable bonds is 5. The molecule has 0 bridgehead atoms. The van der Waals surface area contributed by atoms with Crippen LogP contribution in [0.15, 0.2) is 18.2 Å². The maximum absolute atomic E-state index is 6.10. The normalized spacial score (nSPS) is 11.1. The monoisotopic (exact) mass is 284 g/mol. The van der Waals surface area contributed by atoms with Crippen LogP contribution in [0.2, 0.25) is 5.02 Å². The van der Waals surface area contributed by atoms with Gasteiger partial charge in [-0.1, -0.05) is 37.7 Å². The van der Waals surface area contributed by atoms with Gasteiger partial charge in [-0.15, -0.1) is 0 Å². The molecule has 0 fully saturated rings. The summed E-state index contributed by atoms with van der Waals surface area (Å²) in [7, 11) is 0. The van der Waals surface area contributed by atoms with Crippen molar-refractivity contribution in [2.24, 2.45) is 11.7 Å². The van der Waals surface area contributed by atoms with E-state index in [1.54, 1.807) is 0 Å². The smallest absolute Gasteiger partial charge is 0.106 e.